The molecular formula is C13H16ClN5O. The number of hydrogen-bond donors (Lipinski definition) is 2. The standard InChI is InChI=1S/C13H16ClN5O/c1-4-15-12-17-11(14)18-13(19-12)16-9-5-6-10(20-3)8(2)7-9/h5-7H,4H2,1-3H3,(H2,15,16,17,18,19). The molecule has 1 aromatic carbocycles. The minimum atomic E-state index is 0.142. The molecule has 2 rings (SSSR count). The largest absolute Gasteiger partial charge is 0.496 e. The van der Waals surface area contributed by atoms with Gasteiger partial charge in [0.05, 0.1) is 7.11 Å². The first-order valence-electron chi connectivity index (χ1n) is 6.19. The van der Waals surface area contributed by atoms with E-state index in [9.17, 15) is 0 Å². The second-order valence-electron chi connectivity index (χ2n) is 4.09. The van der Waals surface area contributed by atoms with E-state index in [2.05, 4.69) is 25.6 Å². The molecule has 7 heteroatoms. The van der Waals surface area contributed by atoms with Crippen LogP contribution in [0.4, 0.5) is 17.6 Å². The van der Waals surface area contributed by atoms with Crippen LogP contribution in [0.25, 0.3) is 0 Å². The fourth-order valence-electron chi connectivity index (χ4n) is 1.73. The second-order valence-corrected chi connectivity index (χ2v) is 4.43. The summed E-state index contributed by atoms with van der Waals surface area (Å²) in [6.45, 7) is 4.63. The third-order valence-electron chi connectivity index (χ3n) is 2.59. The SMILES string of the molecule is CCNc1nc(Cl)nc(Nc2ccc(OC)c(C)c2)n1. The fourth-order valence-corrected chi connectivity index (χ4v) is 1.89. The lowest BCUT2D eigenvalue weighted by molar-refractivity contribution is 0.412. The van der Waals surface area contributed by atoms with E-state index in [1.54, 1.807) is 7.11 Å². The van der Waals surface area contributed by atoms with Crippen molar-refractivity contribution >= 4 is 29.2 Å². The highest BCUT2D eigenvalue weighted by molar-refractivity contribution is 6.28. The topological polar surface area (TPSA) is 72.0 Å². The Balaban J connectivity index is 2.23. The number of rotatable bonds is 5. The van der Waals surface area contributed by atoms with Gasteiger partial charge in [-0.3, -0.25) is 0 Å². The zero-order valence-electron chi connectivity index (χ0n) is 11.6. The zero-order chi connectivity index (χ0) is 14.5. The van der Waals surface area contributed by atoms with Crippen LogP contribution in [0.5, 0.6) is 5.75 Å². The van der Waals surface area contributed by atoms with E-state index < -0.39 is 0 Å². The van der Waals surface area contributed by atoms with Crippen LogP contribution >= 0.6 is 11.6 Å². The van der Waals surface area contributed by atoms with Gasteiger partial charge in [-0.1, -0.05) is 0 Å². The van der Waals surface area contributed by atoms with Crippen molar-refractivity contribution in [3.63, 3.8) is 0 Å². The Hall–Kier alpha value is -2.08. The molecule has 1 aromatic heterocycles. The quantitative estimate of drug-likeness (QED) is 0.883. The molecule has 6 nitrogen and oxygen atoms in total. The van der Waals surface area contributed by atoms with E-state index in [0.717, 1.165) is 17.0 Å². The van der Waals surface area contributed by atoms with Gasteiger partial charge in [0.2, 0.25) is 17.2 Å². The lowest BCUT2D eigenvalue weighted by atomic mass is 10.2. The molecule has 0 saturated heterocycles. The highest BCUT2D eigenvalue weighted by Gasteiger charge is 2.06. The number of anilines is 3. The van der Waals surface area contributed by atoms with E-state index in [1.807, 2.05) is 32.0 Å². The molecule has 1 heterocycles. The molecular weight excluding hydrogens is 278 g/mol. The predicted molar refractivity (Wildman–Crippen MR) is 80.0 cm³/mol. The summed E-state index contributed by atoms with van der Waals surface area (Å²) < 4.78 is 5.22. The molecule has 0 amide bonds. The Bertz CT molecular complexity index is 605. The number of hydrogen-bond acceptors (Lipinski definition) is 6. The summed E-state index contributed by atoms with van der Waals surface area (Å²) in [5.74, 6) is 1.67. The smallest absolute Gasteiger partial charge is 0.233 e. The van der Waals surface area contributed by atoms with Gasteiger partial charge < -0.3 is 15.4 Å². The van der Waals surface area contributed by atoms with Gasteiger partial charge >= 0.3 is 0 Å². The van der Waals surface area contributed by atoms with Gasteiger partial charge in [0.25, 0.3) is 0 Å². The average molecular weight is 294 g/mol. The number of nitrogens with zero attached hydrogens (tertiary/aromatic N) is 3. The van der Waals surface area contributed by atoms with E-state index >= 15 is 0 Å². The number of nitrogens with one attached hydrogen (secondary N) is 2. The summed E-state index contributed by atoms with van der Waals surface area (Å²) in [6.07, 6.45) is 0. The van der Waals surface area contributed by atoms with Crippen molar-refractivity contribution in [1.82, 2.24) is 15.0 Å². The van der Waals surface area contributed by atoms with Crippen LogP contribution in [0.1, 0.15) is 12.5 Å². The summed E-state index contributed by atoms with van der Waals surface area (Å²) >= 11 is 5.87. The molecule has 2 N–H and O–H groups in total. The van der Waals surface area contributed by atoms with Gasteiger partial charge in [0.1, 0.15) is 5.75 Å². The third-order valence-corrected chi connectivity index (χ3v) is 2.76. The van der Waals surface area contributed by atoms with E-state index in [4.69, 9.17) is 16.3 Å². The first-order chi connectivity index (χ1) is 9.62. The maximum Gasteiger partial charge on any atom is 0.233 e. The van der Waals surface area contributed by atoms with Gasteiger partial charge in [-0.15, -0.1) is 0 Å². The Morgan fingerprint density at radius 3 is 2.60 bits per heavy atom. The van der Waals surface area contributed by atoms with Crippen molar-refractivity contribution < 1.29 is 4.74 Å². The monoisotopic (exact) mass is 293 g/mol. The molecule has 2 aromatic rings. The van der Waals surface area contributed by atoms with Gasteiger partial charge in [-0.25, -0.2) is 0 Å². The van der Waals surface area contributed by atoms with Gasteiger partial charge in [-0.2, -0.15) is 15.0 Å². The molecule has 0 atom stereocenters. The molecule has 0 radical (unpaired) electrons. The fraction of sp³-hybridized carbons (Fsp3) is 0.308. The highest BCUT2D eigenvalue weighted by Crippen LogP contribution is 2.23. The zero-order valence-corrected chi connectivity index (χ0v) is 12.3. The maximum absolute atomic E-state index is 5.87. The molecule has 106 valence electrons. The van der Waals surface area contributed by atoms with Crippen molar-refractivity contribution in [3.05, 3.63) is 29.0 Å². The van der Waals surface area contributed by atoms with Crippen molar-refractivity contribution in [2.45, 2.75) is 13.8 Å². The number of methoxy groups -OCH3 is 1. The summed E-state index contributed by atoms with van der Waals surface area (Å²) in [5.41, 5.74) is 1.87. The van der Waals surface area contributed by atoms with Crippen molar-refractivity contribution in [3.8, 4) is 5.75 Å². The molecule has 0 aliphatic rings. The van der Waals surface area contributed by atoms with Crippen LogP contribution in [-0.4, -0.2) is 28.6 Å². The number of aromatic nitrogens is 3. The molecule has 0 saturated carbocycles. The Morgan fingerprint density at radius 1 is 1.20 bits per heavy atom. The van der Waals surface area contributed by atoms with E-state index in [-0.39, 0.29) is 5.28 Å². The van der Waals surface area contributed by atoms with Crippen LogP contribution in [0.3, 0.4) is 0 Å². The van der Waals surface area contributed by atoms with Crippen LogP contribution in [-0.2, 0) is 0 Å². The molecule has 0 fully saturated rings. The van der Waals surface area contributed by atoms with Crippen molar-refractivity contribution in [2.75, 3.05) is 24.3 Å². The summed E-state index contributed by atoms with van der Waals surface area (Å²) in [4.78, 5) is 12.3. The molecule has 0 aliphatic carbocycles. The first kappa shape index (κ1) is 14.3. The molecule has 0 bridgehead atoms. The van der Waals surface area contributed by atoms with Gasteiger partial charge in [0, 0.05) is 12.2 Å². The van der Waals surface area contributed by atoms with Crippen LogP contribution in [0.2, 0.25) is 5.28 Å². The summed E-state index contributed by atoms with van der Waals surface area (Å²) in [7, 11) is 1.64. The van der Waals surface area contributed by atoms with Crippen molar-refractivity contribution in [2.24, 2.45) is 0 Å². The van der Waals surface area contributed by atoms with E-state index in [0.29, 0.717) is 18.4 Å². The average Bonchev–Trinajstić information content (AvgIpc) is 2.38. The Morgan fingerprint density at radius 2 is 1.95 bits per heavy atom. The predicted octanol–water partition coefficient (Wildman–Crippen LogP) is 3.02. The third kappa shape index (κ3) is 3.48. The second kappa shape index (κ2) is 6.38. The minimum absolute atomic E-state index is 0.142. The number of ether oxygens (including phenoxy) is 1. The Kier molecular flexibility index (Phi) is 4.57. The summed E-state index contributed by atoms with van der Waals surface area (Å²) in [6, 6.07) is 5.71. The minimum Gasteiger partial charge on any atom is -0.496 e. The van der Waals surface area contributed by atoms with E-state index in [1.165, 1.54) is 0 Å². The molecule has 20 heavy (non-hydrogen) atoms. The van der Waals surface area contributed by atoms with Crippen molar-refractivity contribution in [1.29, 1.82) is 0 Å². The number of benzene rings is 1. The van der Waals surface area contributed by atoms with Crippen LogP contribution in [0, 0.1) is 6.92 Å². The normalized spacial score (nSPS) is 10.2. The lowest BCUT2D eigenvalue weighted by Crippen LogP contribution is -2.06. The van der Waals surface area contributed by atoms with Gasteiger partial charge in [-0.05, 0) is 49.2 Å². The lowest BCUT2D eigenvalue weighted by Gasteiger charge is -2.09. The molecule has 0 spiro atoms. The first-order valence-corrected chi connectivity index (χ1v) is 6.57. The van der Waals surface area contributed by atoms with Gasteiger partial charge in [0.15, 0.2) is 0 Å². The molecule has 0 unspecified atom stereocenters. The molecule has 0 aliphatic heterocycles. The Labute approximate surface area is 122 Å². The van der Waals surface area contributed by atoms with Crippen LogP contribution in [0.15, 0.2) is 18.2 Å². The number of halogens is 1. The number of aryl methyl sites for hydroxylation is 1. The summed E-state index contributed by atoms with van der Waals surface area (Å²) in [5, 5.41) is 6.23. The maximum atomic E-state index is 5.87. The highest BCUT2D eigenvalue weighted by atomic mass is 35.5. The van der Waals surface area contributed by atoms with Crippen LogP contribution < -0.4 is 15.4 Å².